The van der Waals surface area contributed by atoms with E-state index >= 15 is 0 Å². The van der Waals surface area contributed by atoms with Crippen LogP contribution in [0.5, 0.6) is 0 Å². The molecule has 0 radical (unpaired) electrons. The summed E-state index contributed by atoms with van der Waals surface area (Å²) >= 11 is 0. The second kappa shape index (κ2) is 13.7. The van der Waals surface area contributed by atoms with Crippen molar-refractivity contribution in [2.75, 3.05) is 23.3 Å². The number of hydrogen-bond acceptors (Lipinski definition) is 9. The smallest absolute Gasteiger partial charge is 0.444 e. The van der Waals surface area contributed by atoms with Gasteiger partial charge in [-0.1, -0.05) is 39.0 Å². The number of fused-ring (bicyclic) bond motifs is 1. The molecule has 12 heteroatoms. The molecule has 2 fully saturated rings. The molecule has 272 valence electrons. The van der Waals surface area contributed by atoms with Gasteiger partial charge in [0.1, 0.15) is 5.60 Å². The first-order valence-corrected chi connectivity index (χ1v) is 20.9. The fraction of sp³-hybridized carbons (Fsp3) is 0.605. The van der Waals surface area contributed by atoms with Crippen molar-refractivity contribution in [3.05, 3.63) is 54.5 Å². The van der Waals surface area contributed by atoms with E-state index in [1.54, 1.807) is 0 Å². The van der Waals surface area contributed by atoms with E-state index in [1.807, 2.05) is 58.4 Å². The van der Waals surface area contributed by atoms with E-state index in [9.17, 15) is 9.59 Å². The predicted octanol–water partition coefficient (Wildman–Crippen LogP) is 6.87. The summed E-state index contributed by atoms with van der Waals surface area (Å²) in [6.07, 6.45) is 4.05. The van der Waals surface area contributed by atoms with Gasteiger partial charge in [-0.3, -0.25) is 9.97 Å². The number of aromatic nitrogens is 2. The van der Waals surface area contributed by atoms with Crippen LogP contribution in [-0.2, 0) is 20.6 Å². The number of carbonyl (C=O) groups is 1. The topological polar surface area (TPSA) is 118 Å². The van der Waals surface area contributed by atoms with Crippen LogP contribution >= 0.6 is 0 Å². The minimum absolute atomic E-state index is 0.162. The molecule has 0 spiro atoms. The summed E-state index contributed by atoms with van der Waals surface area (Å²) in [7, 11) is -2.92. The SMILES string of the molecule is C[C@H]1CN(c2ccncc2NCc2ccc3ccc(B4OC(C)(C)C(C)(C)O4)cc3n2)C[C@@H](NC(=O)OC(C)(C)C)[C@@H]1CC(C)(C)[Si](C)(C)O. The quantitative estimate of drug-likeness (QED) is 0.205. The molecule has 50 heavy (non-hydrogen) atoms. The number of nitrogens with zero attached hydrogens (tertiary/aromatic N) is 3. The average Bonchev–Trinajstić information content (AvgIpc) is 3.22. The Kier molecular flexibility index (Phi) is 10.5. The van der Waals surface area contributed by atoms with Crippen molar-refractivity contribution >= 4 is 49.3 Å². The molecular formula is C38H58BN5O5Si. The zero-order valence-corrected chi connectivity index (χ0v) is 33.2. The minimum Gasteiger partial charge on any atom is -0.444 e. The summed E-state index contributed by atoms with van der Waals surface area (Å²) < 4.78 is 18.3. The molecule has 1 amide bonds. The molecule has 2 saturated heterocycles. The number of anilines is 2. The molecular weight excluding hydrogens is 645 g/mol. The van der Waals surface area contributed by atoms with Crippen LogP contribution in [0.3, 0.4) is 0 Å². The average molecular weight is 704 g/mol. The molecule has 2 aliphatic heterocycles. The summed E-state index contributed by atoms with van der Waals surface area (Å²) in [4.78, 5) is 36.0. The normalized spacial score (nSPS) is 22.5. The molecule has 2 aliphatic rings. The van der Waals surface area contributed by atoms with Gasteiger partial charge in [0, 0.05) is 24.7 Å². The van der Waals surface area contributed by atoms with E-state index in [4.69, 9.17) is 19.0 Å². The highest BCUT2D eigenvalue weighted by atomic mass is 28.4. The van der Waals surface area contributed by atoms with Gasteiger partial charge in [-0.05, 0) is 109 Å². The molecule has 1 aromatic carbocycles. The van der Waals surface area contributed by atoms with Gasteiger partial charge in [-0.15, -0.1) is 0 Å². The van der Waals surface area contributed by atoms with Gasteiger partial charge < -0.3 is 34.4 Å². The molecule has 3 atom stereocenters. The molecule has 0 aliphatic carbocycles. The molecule has 4 heterocycles. The third-order valence-corrected chi connectivity index (χ3v) is 14.7. The Hall–Kier alpha value is -3.19. The summed E-state index contributed by atoms with van der Waals surface area (Å²) in [5.41, 5.74) is 3.20. The lowest BCUT2D eigenvalue weighted by atomic mass is 9.77. The molecule has 0 bridgehead atoms. The van der Waals surface area contributed by atoms with Crippen molar-refractivity contribution in [2.24, 2.45) is 11.8 Å². The van der Waals surface area contributed by atoms with Gasteiger partial charge in [0.05, 0.1) is 52.6 Å². The van der Waals surface area contributed by atoms with E-state index in [0.29, 0.717) is 13.1 Å². The highest BCUT2D eigenvalue weighted by molar-refractivity contribution is 6.72. The van der Waals surface area contributed by atoms with Crippen LogP contribution in [0, 0.1) is 11.8 Å². The van der Waals surface area contributed by atoms with Gasteiger partial charge in [0.25, 0.3) is 0 Å². The first-order valence-electron chi connectivity index (χ1n) is 18.0. The first kappa shape index (κ1) is 38.1. The Labute approximate surface area is 300 Å². The highest BCUT2D eigenvalue weighted by Crippen LogP contribution is 2.46. The maximum atomic E-state index is 13.1. The van der Waals surface area contributed by atoms with Crippen molar-refractivity contribution < 1.29 is 23.6 Å². The number of alkyl carbamates (subject to hydrolysis) is 1. The van der Waals surface area contributed by atoms with Crippen molar-refractivity contribution in [2.45, 2.75) is 123 Å². The lowest BCUT2D eigenvalue weighted by Gasteiger charge is -2.48. The second-order valence-corrected chi connectivity index (χ2v) is 22.0. The van der Waals surface area contributed by atoms with E-state index in [0.717, 1.165) is 46.4 Å². The number of ether oxygens (including phenoxy) is 1. The fourth-order valence-corrected chi connectivity index (χ4v) is 7.44. The Morgan fingerprint density at radius 2 is 1.72 bits per heavy atom. The number of benzene rings is 1. The number of carbonyl (C=O) groups excluding carboxylic acids is 1. The predicted molar refractivity (Wildman–Crippen MR) is 205 cm³/mol. The van der Waals surface area contributed by atoms with Crippen LogP contribution in [0.1, 0.15) is 81.4 Å². The molecule has 3 N–H and O–H groups in total. The van der Waals surface area contributed by atoms with Crippen LogP contribution in [0.25, 0.3) is 10.9 Å². The third-order valence-electron chi connectivity index (χ3n) is 11.2. The van der Waals surface area contributed by atoms with Crippen LogP contribution in [0.2, 0.25) is 18.1 Å². The molecule has 3 aromatic rings. The maximum Gasteiger partial charge on any atom is 0.494 e. The van der Waals surface area contributed by atoms with E-state index in [-0.39, 0.29) is 22.9 Å². The van der Waals surface area contributed by atoms with Gasteiger partial charge in [0.2, 0.25) is 0 Å². The number of amides is 1. The number of hydrogen-bond donors (Lipinski definition) is 3. The fourth-order valence-electron chi connectivity index (χ4n) is 6.70. The standard InChI is InChI=1S/C38H58BN5O5Si/c1-25-23-44(24-32(43-34(45)47-35(2,3)4)29(25)20-36(5,6)50(11,12)46)33-17-18-40-22-31(33)41-21-28-16-14-26-13-15-27(19-30(26)42-28)39-48-37(7,8)38(9,10)49-39/h13-19,22,25,29,32,41,46H,20-21,23-24H2,1-12H3,(H,43,45)/t25-,29+,32+/m0/s1. The van der Waals surface area contributed by atoms with Crippen LogP contribution in [0.15, 0.2) is 48.8 Å². The number of nitrogens with one attached hydrogen (secondary N) is 2. The van der Waals surface area contributed by atoms with Gasteiger partial charge >= 0.3 is 13.2 Å². The van der Waals surface area contributed by atoms with Gasteiger partial charge in [-0.25, -0.2) is 4.79 Å². The van der Waals surface area contributed by atoms with E-state index in [1.165, 1.54) is 0 Å². The van der Waals surface area contributed by atoms with Crippen LogP contribution < -0.4 is 21.0 Å². The number of rotatable bonds is 9. The van der Waals surface area contributed by atoms with Crippen molar-refractivity contribution in [1.82, 2.24) is 15.3 Å². The Morgan fingerprint density at radius 3 is 2.36 bits per heavy atom. The zero-order chi connectivity index (χ0) is 36.9. The summed E-state index contributed by atoms with van der Waals surface area (Å²) in [6, 6.07) is 12.2. The lowest BCUT2D eigenvalue weighted by molar-refractivity contribution is 0.00578. The molecule has 0 unspecified atom stereocenters. The molecule has 0 saturated carbocycles. The van der Waals surface area contributed by atoms with Crippen molar-refractivity contribution in [3.63, 3.8) is 0 Å². The van der Waals surface area contributed by atoms with Crippen molar-refractivity contribution in [1.29, 1.82) is 0 Å². The summed E-state index contributed by atoms with van der Waals surface area (Å²) in [5.74, 6) is 0.399. The Morgan fingerprint density at radius 1 is 1.06 bits per heavy atom. The maximum absolute atomic E-state index is 13.1. The molecule has 5 rings (SSSR count). The zero-order valence-electron chi connectivity index (χ0n) is 32.2. The minimum atomic E-state index is -2.47. The molecule has 2 aromatic heterocycles. The summed E-state index contributed by atoms with van der Waals surface area (Å²) in [6.45, 7) is 26.3. The monoisotopic (exact) mass is 703 g/mol. The lowest BCUT2D eigenvalue weighted by Crippen LogP contribution is -2.58. The van der Waals surface area contributed by atoms with Crippen LogP contribution in [-0.4, -0.2) is 72.2 Å². The Bertz CT molecular complexity index is 1670. The first-order chi connectivity index (χ1) is 23.1. The van der Waals surface area contributed by atoms with Gasteiger partial charge in [-0.2, -0.15) is 0 Å². The Balaban J connectivity index is 1.35. The largest absolute Gasteiger partial charge is 0.494 e. The number of pyridine rings is 2. The third kappa shape index (κ3) is 8.46. The van der Waals surface area contributed by atoms with Crippen LogP contribution in [0.4, 0.5) is 16.2 Å². The highest BCUT2D eigenvalue weighted by Gasteiger charge is 2.52. The van der Waals surface area contributed by atoms with Crippen molar-refractivity contribution in [3.8, 4) is 0 Å². The summed E-state index contributed by atoms with van der Waals surface area (Å²) in [5, 5.41) is 7.64. The number of piperidine rings is 1. The van der Waals surface area contributed by atoms with E-state index in [2.05, 4.69) is 93.2 Å². The van der Waals surface area contributed by atoms with E-state index < -0.39 is 38.3 Å². The molecule has 10 nitrogen and oxygen atoms in total. The second-order valence-electron chi connectivity index (χ2n) is 17.5. The van der Waals surface area contributed by atoms with Gasteiger partial charge in [0.15, 0.2) is 8.32 Å².